The van der Waals surface area contributed by atoms with Crippen molar-refractivity contribution in [3.05, 3.63) is 28.5 Å². The molecule has 0 amide bonds. The zero-order chi connectivity index (χ0) is 10.7. The van der Waals surface area contributed by atoms with Gasteiger partial charge in [0.15, 0.2) is 17.9 Å². The van der Waals surface area contributed by atoms with Crippen LogP contribution in [0.1, 0.15) is 19.3 Å². The third-order valence-corrected chi connectivity index (χ3v) is 2.78. The van der Waals surface area contributed by atoms with Crippen molar-refractivity contribution in [3.63, 3.8) is 0 Å². The molecule has 0 aliphatic carbocycles. The molecule has 0 N–H and O–H groups in total. The van der Waals surface area contributed by atoms with Gasteiger partial charge in [-0.25, -0.2) is 4.39 Å². The first-order valence-electron chi connectivity index (χ1n) is 4.99. The van der Waals surface area contributed by atoms with E-state index in [0.717, 1.165) is 23.7 Å². The second-order valence-corrected chi connectivity index (χ2v) is 4.40. The lowest BCUT2D eigenvalue weighted by molar-refractivity contribution is -0.107. The van der Waals surface area contributed by atoms with Crippen LogP contribution >= 0.6 is 15.9 Å². The molecule has 1 aliphatic heterocycles. The van der Waals surface area contributed by atoms with E-state index in [1.165, 1.54) is 6.07 Å². The Morgan fingerprint density at radius 2 is 2.27 bits per heavy atom. The summed E-state index contributed by atoms with van der Waals surface area (Å²) in [6.45, 7) is 0.695. The molecule has 1 aromatic carbocycles. The van der Waals surface area contributed by atoms with Crippen molar-refractivity contribution in [1.82, 2.24) is 0 Å². The third-order valence-electron chi connectivity index (χ3n) is 2.29. The predicted octanol–water partition coefficient (Wildman–Crippen LogP) is 3.49. The van der Waals surface area contributed by atoms with Crippen molar-refractivity contribution in [3.8, 4) is 5.75 Å². The predicted molar refractivity (Wildman–Crippen MR) is 58.3 cm³/mol. The largest absolute Gasteiger partial charge is 0.462 e. The summed E-state index contributed by atoms with van der Waals surface area (Å²) in [4.78, 5) is 0. The molecule has 2 nitrogen and oxygen atoms in total. The van der Waals surface area contributed by atoms with Crippen LogP contribution in [0.25, 0.3) is 0 Å². The van der Waals surface area contributed by atoms with Crippen LogP contribution in [0.5, 0.6) is 5.75 Å². The summed E-state index contributed by atoms with van der Waals surface area (Å²) in [6.07, 6.45) is 2.65. The van der Waals surface area contributed by atoms with Gasteiger partial charge in [0.05, 0.1) is 6.61 Å². The van der Waals surface area contributed by atoms with Crippen LogP contribution in [0.4, 0.5) is 4.39 Å². The van der Waals surface area contributed by atoms with E-state index in [1.54, 1.807) is 12.1 Å². The molecule has 1 aromatic rings. The number of halogens is 2. The van der Waals surface area contributed by atoms with E-state index in [4.69, 9.17) is 9.47 Å². The summed E-state index contributed by atoms with van der Waals surface area (Å²) in [6, 6.07) is 4.64. The first kappa shape index (κ1) is 10.9. The Kier molecular flexibility index (Phi) is 3.59. The number of ether oxygens (including phenoxy) is 2. The molecule has 1 saturated heterocycles. The fourth-order valence-corrected chi connectivity index (χ4v) is 1.85. The van der Waals surface area contributed by atoms with E-state index >= 15 is 0 Å². The van der Waals surface area contributed by atoms with Gasteiger partial charge in [-0.05, 0) is 31.0 Å². The lowest BCUT2D eigenvalue weighted by Crippen LogP contribution is -2.25. The molecule has 0 radical (unpaired) electrons. The second-order valence-electron chi connectivity index (χ2n) is 3.49. The molecule has 15 heavy (non-hydrogen) atoms. The van der Waals surface area contributed by atoms with Crippen molar-refractivity contribution < 1.29 is 13.9 Å². The average Bonchev–Trinajstić information content (AvgIpc) is 2.25. The van der Waals surface area contributed by atoms with Crippen LogP contribution in [-0.4, -0.2) is 12.9 Å². The summed E-state index contributed by atoms with van der Waals surface area (Å²) < 4.78 is 24.9. The molecule has 0 unspecified atom stereocenters. The van der Waals surface area contributed by atoms with Crippen LogP contribution in [0.2, 0.25) is 0 Å². The monoisotopic (exact) mass is 274 g/mol. The van der Waals surface area contributed by atoms with E-state index in [9.17, 15) is 4.39 Å². The van der Waals surface area contributed by atoms with Gasteiger partial charge in [-0.2, -0.15) is 0 Å². The Bertz CT molecular complexity index is 337. The van der Waals surface area contributed by atoms with Gasteiger partial charge in [0.1, 0.15) is 0 Å². The quantitative estimate of drug-likeness (QED) is 0.822. The second kappa shape index (κ2) is 4.94. The molecule has 1 heterocycles. The molecule has 1 atom stereocenters. The molecular weight excluding hydrogens is 263 g/mol. The van der Waals surface area contributed by atoms with Gasteiger partial charge in [0, 0.05) is 10.9 Å². The average molecular weight is 275 g/mol. The highest BCUT2D eigenvalue weighted by atomic mass is 79.9. The van der Waals surface area contributed by atoms with E-state index < -0.39 is 0 Å². The van der Waals surface area contributed by atoms with Crippen molar-refractivity contribution >= 4 is 15.9 Å². The van der Waals surface area contributed by atoms with Gasteiger partial charge in [-0.3, -0.25) is 0 Å². The Hall–Kier alpha value is -0.610. The molecule has 2 rings (SSSR count). The highest BCUT2D eigenvalue weighted by Crippen LogP contribution is 2.25. The van der Waals surface area contributed by atoms with Gasteiger partial charge in [-0.1, -0.05) is 15.9 Å². The smallest absolute Gasteiger partial charge is 0.199 e. The number of benzene rings is 1. The fourth-order valence-electron chi connectivity index (χ4n) is 1.51. The molecule has 0 aromatic heterocycles. The molecule has 0 saturated carbocycles. The minimum atomic E-state index is -0.354. The number of hydrogen-bond donors (Lipinski definition) is 0. The van der Waals surface area contributed by atoms with E-state index in [1.807, 2.05) is 0 Å². The van der Waals surface area contributed by atoms with Crippen LogP contribution in [-0.2, 0) is 4.74 Å². The Morgan fingerprint density at radius 1 is 1.40 bits per heavy atom. The fraction of sp³-hybridized carbons (Fsp3) is 0.455. The summed E-state index contributed by atoms with van der Waals surface area (Å²) >= 11 is 3.27. The number of hydrogen-bond acceptors (Lipinski definition) is 2. The first-order chi connectivity index (χ1) is 7.25. The van der Waals surface area contributed by atoms with Crippen molar-refractivity contribution in [1.29, 1.82) is 0 Å². The summed E-state index contributed by atoms with van der Waals surface area (Å²) in [7, 11) is 0. The number of rotatable bonds is 2. The molecule has 0 bridgehead atoms. The zero-order valence-corrected chi connectivity index (χ0v) is 9.80. The topological polar surface area (TPSA) is 18.5 Å². The van der Waals surface area contributed by atoms with Crippen molar-refractivity contribution in [2.45, 2.75) is 25.6 Å². The Labute approximate surface area is 96.5 Å². The van der Waals surface area contributed by atoms with E-state index in [0.29, 0.717) is 6.61 Å². The molecule has 82 valence electrons. The molecular formula is C11H12BrFO2. The Morgan fingerprint density at radius 3 is 3.00 bits per heavy atom. The molecule has 1 fully saturated rings. The summed E-state index contributed by atoms with van der Waals surface area (Å²) in [5.41, 5.74) is 0. The lowest BCUT2D eigenvalue weighted by atomic mass is 10.2. The van der Waals surface area contributed by atoms with Crippen molar-refractivity contribution in [2.75, 3.05) is 6.61 Å². The third kappa shape index (κ3) is 2.92. The SMILES string of the molecule is Fc1ccc(Br)cc1O[C@H]1CCCCO1. The maximum atomic E-state index is 13.3. The van der Waals surface area contributed by atoms with Crippen molar-refractivity contribution in [2.24, 2.45) is 0 Å². The maximum Gasteiger partial charge on any atom is 0.199 e. The van der Waals surface area contributed by atoms with Crippen LogP contribution < -0.4 is 4.74 Å². The molecule has 1 aliphatic rings. The minimum absolute atomic E-state index is 0.247. The highest BCUT2D eigenvalue weighted by molar-refractivity contribution is 9.10. The molecule has 4 heteroatoms. The lowest BCUT2D eigenvalue weighted by Gasteiger charge is -2.23. The molecule has 0 spiro atoms. The standard InChI is InChI=1S/C11H12BrFO2/c12-8-4-5-9(13)10(7-8)15-11-3-1-2-6-14-11/h4-5,7,11H,1-3,6H2/t11-/m0/s1. The normalized spacial score (nSPS) is 21.3. The van der Waals surface area contributed by atoms with Crippen LogP contribution in [0, 0.1) is 5.82 Å². The van der Waals surface area contributed by atoms with Gasteiger partial charge in [0.25, 0.3) is 0 Å². The first-order valence-corrected chi connectivity index (χ1v) is 5.78. The van der Waals surface area contributed by atoms with Crippen LogP contribution in [0.3, 0.4) is 0 Å². The highest BCUT2D eigenvalue weighted by Gasteiger charge is 2.17. The van der Waals surface area contributed by atoms with E-state index in [2.05, 4.69) is 15.9 Å². The summed E-state index contributed by atoms with van der Waals surface area (Å²) in [5.74, 6) is -0.108. The van der Waals surface area contributed by atoms with E-state index in [-0.39, 0.29) is 17.9 Å². The van der Waals surface area contributed by atoms with Crippen LogP contribution in [0.15, 0.2) is 22.7 Å². The van der Waals surface area contributed by atoms with Gasteiger partial charge < -0.3 is 9.47 Å². The van der Waals surface area contributed by atoms with Gasteiger partial charge in [-0.15, -0.1) is 0 Å². The van der Waals surface area contributed by atoms with Gasteiger partial charge in [0.2, 0.25) is 0 Å². The Balaban J connectivity index is 2.05. The minimum Gasteiger partial charge on any atom is -0.462 e. The maximum absolute atomic E-state index is 13.3. The van der Waals surface area contributed by atoms with Gasteiger partial charge >= 0.3 is 0 Å². The summed E-state index contributed by atoms with van der Waals surface area (Å²) in [5, 5.41) is 0. The zero-order valence-electron chi connectivity index (χ0n) is 8.21.